The highest BCUT2D eigenvalue weighted by atomic mass is 16.6. The molecule has 0 unspecified atom stereocenters. The second kappa shape index (κ2) is 5.92. The second-order valence-electron chi connectivity index (χ2n) is 5.43. The Bertz CT molecular complexity index is 676. The van der Waals surface area contributed by atoms with Crippen molar-refractivity contribution in [3.63, 3.8) is 0 Å². The van der Waals surface area contributed by atoms with Crippen LogP contribution in [0.15, 0.2) is 42.6 Å². The molecule has 0 saturated carbocycles. The number of benzene rings is 2. The van der Waals surface area contributed by atoms with E-state index in [-0.39, 0.29) is 4.92 Å². The zero-order valence-corrected chi connectivity index (χ0v) is 12.8. The molecule has 0 aliphatic carbocycles. The van der Waals surface area contributed by atoms with Crippen molar-refractivity contribution in [2.75, 3.05) is 0 Å². The molecule has 2 aromatic rings. The number of nitrogens with zero attached hydrogens (tertiary/aromatic N) is 1. The maximum atomic E-state index is 11.0. The summed E-state index contributed by atoms with van der Waals surface area (Å²) in [6.07, 6.45) is 1.09. The fraction of sp³-hybridized carbons (Fsp3) is 0.222. The maximum absolute atomic E-state index is 11.0. The molecule has 0 radical (unpaired) electrons. The molecule has 0 aliphatic rings. The van der Waals surface area contributed by atoms with Gasteiger partial charge in [0, 0.05) is 0 Å². The Morgan fingerprint density at radius 3 is 1.62 bits per heavy atom. The summed E-state index contributed by atoms with van der Waals surface area (Å²) < 4.78 is 0. The van der Waals surface area contributed by atoms with E-state index in [0.717, 1.165) is 28.5 Å². The first kappa shape index (κ1) is 15.0. The quantitative estimate of drug-likeness (QED) is 0.610. The van der Waals surface area contributed by atoms with Crippen molar-refractivity contribution in [2.45, 2.75) is 27.7 Å². The molecule has 0 heterocycles. The Morgan fingerprint density at radius 1 is 0.857 bits per heavy atom. The molecule has 0 bridgehead atoms. The predicted octanol–water partition coefficient (Wildman–Crippen LogP) is 4.59. The van der Waals surface area contributed by atoms with Crippen molar-refractivity contribution in [1.82, 2.24) is 0 Å². The van der Waals surface area contributed by atoms with Gasteiger partial charge in [0.15, 0.2) is 0 Å². The third-order valence-electron chi connectivity index (χ3n) is 3.87. The van der Waals surface area contributed by atoms with Gasteiger partial charge < -0.3 is 0 Å². The summed E-state index contributed by atoms with van der Waals surface area (Å²) >= 11 is 0. The summed E-state index contributed by atoms with van der Waals surface area (Å²) in [5, 5.41) is 11.0. The molecule has 21 heavy (non-hydrogen) atoms. The van der Waals surface area contributed by atoms with Crippen molar-refractivity contribution in [3.8, 4) is 0 Å². The van der Waals surface area contributed by atoms with Gasteiger partial charge in [-0.1, -0.05) is 36.4 Å². The molecule has 0 spiro atoms. The van der Waals surface area contributed by atoms with Gasteiger partial charge in [-0.15, -0.1) is 0 Å². The van der Waals surface area contributed by atoms with Crippen molar-refractivity contribution in [1.29, 1.82) is 0 Å². The van der Waals surface area contributed by atoms with Crippen LogP contribution in [0.1, 0.15) is 33.4 Å². The Kier molecular flexibility index (Phi) is 4.22. The average Bonchev–Trinajstić information content (AvgIpc) is 2.42. The molecule has 0 atom stereocenters. The van der Waals surface area contributed by atoms with Crippen molar-refractivity contribution in [2.24, 2.45) is 0 Å². The largest absolute Gasteiger partial charge is 0.259 e. The molecule has 0 fully saturated rings. The molecule has 2 aromatic carbocycles. The molecule has 0 aliphatic heterocycles. The van der Waals surface area contributed by atoms with Crippen LogP contribution in [0.2, 0.25) is 0 Å². The smallest absolute Gasteiger partial charge is 0.242 e. The minimum absolute atomic E-state index is 0.389. The Hall–Kier alpha value is -2.42. The number of rotatable bonds is 3. The minimum Gasteiger partial charge on any atom is -0.259 e. The van der Waals surface area contributed by atoms with Crippen LogP contribution in [-0.2, 0) is 0 Å². The predicted molar refractivity (Wildman–Crippen MR) is 85.9 cm³/mol. The summed E-state index contributed by atoms with van der Waals surface area (Å²) in [6.45, 7) is 8.10. The Balaban J connectivity index is 2.60. The average molecular weight is 281 g/mol. The molecule has 2 rings (SSSR count). The van der Waals surface area contributed by atoms with Gasteiger partial charge in [-0.2, -0.15) is 0 Å². The van der Waals surface area contributed by atoms with Crippen LogP contribution in [0.25, 0.3) is 5.57 Å². The van der Waals surface area contributed by atoms with Crippen LogP contribution < -0.4 is 0 Å². The third-order valence-corrected chi connectivity index (χ3v) is 3.87. The zero-order valence-electron chi connectivity index (χ0n) is 12.8. The lowest BCUT2D eigenvalue weighted by molar-refractivity contribution is -0.401. The van der Waals surface area contributed by atoms with Crippen LogP contribution in [0, 0.1) is 37.8 Å². The van der Waals surface area contributed by atoms with E-state index in [4.69, 9.17) is 0 Å². The van der Waals surface area contributed by atoms with Crippen molar-refractivity contribution in [3.05, 3.63) is 86.1 Å². The van der Waals surface area contributed by atoms with E-state index < -0.39 is 0 Å². The first-order valence-corrected chi connectivity index (χ1v) is 6.89. The molecule has 0 aromatic heterocycles. The maximum Gasteiger partial charge on any atom is 0.242 e. The number of nitro groups is 1. The van der Waals surface area contributed by atoms with Crippen LogP contribution >= 0.6 is 0 Å². The van der Waals surface area contributed by atoms with E-state index in [1.165, 1.54) is 11.1 Å². The van der Waals surface area contributed by atoms with E-state index in [9.17, 15) is 10.1 Å². The highest BCUT2D eigenvalue weighted by Crippen LogP contribution is 2.26. The van der Waals surface area contributed by atoms with Gasteiger partial charge >= 0.3 is 0 Å². The highest BCUT2D eigenvalue weighted by molar-refractivity contribution is 5.79. The fourth-order valence-electron chi connectivity index (χ4n) is 2.24. The van der Waals surface area contributed by atoms with Crippen molar-refractivity contribution < 1.29 is 4.92 Å². The van der Waals surface area contributed by atoms with Crippen LogP contribution in [0.4, 0.5) is 0 Å². The fourth-order valence-corrected chi connectivity index (χ4v) is 2.24. The van der Waals surface area contributed by atoms with Crippen LogP contribution in [0.3, 0.4) is 0 Å². The SMILES string of the molecule is Cc1ccc(C(=C[N+](=O)[O-])c2ccc(C)c(C)c2)cc1C. The Labute approximate surface area is 125 Å². The lowest BCUT2D eigenvalue weighted by Gasteiger charge is -2.10. The summed E-state index contributed by atoms with van der Waals surface area (Å²) in [7, 11) is 0. The monoisotopic (exact) mass is 281 g/mol. The van der Waals surface area contributed by atoms with Gasteiger partial charge in [0.1, 0.15) is 0 Å². The van der Waals surface area contributed by atoms with Gasteiger partial charge in [-0.3, -0.25) is 10.1 Å². The van der Waals surface area contributed by atoms with Gasteiger partial charge in [0.2, 0.25) is 6.20 Å². The minimum atomic E-state index is -0.389. The summed E-state index contributed by atoms with van der Waals surface area (Å²) in [5.41, 5.74) is 7.01. The van der Waals surface area contributed by atoms with Gasteiger partial charge in [0.25, 0.3) is 0 Å². The molecule has 108 valence electrons. The van der Waals surface area contributed by atoms with Crippen molar-refractivity contribution >= 4 is 5.57 Å². The standard InChI is InChI=1S/C18H19NO2/c1-12-5-7-16(9-14(12)3)18(11-19(20)21)17-8-6-13(2)15(4)10-17/h5-11H,1-4H3. The normalized spacial score (nSPS) is 10.3. The third kappa shape index (κ3) is 3.37. The van der Waals surface area contributed by atoms with E-state index in [2.05, 4.69) is 0 Å². The highest BCUT2D eigenvalue weighted by Gasteiger charge is 2.11. The van der Waals surface area contributed by atoms with Gasteiger partial charge in [-0.05, 0) is 61.1 Å². The van der Waals surface area contributed by atoms with E-state index in [0.29, 0.717) is 5.57 Å². The molecular weight excluding hydrogens is 262 g/mol. The first-order valence-electron chi connectivity index (χ1n) is 6.89. The summed E-state index contributed by atoms with van der Waals surface area (Å²) in [6, 6.07) is 11.9. The molecule has 0 N–H and O–H groups in total. The van der Waals surface area contributed by atoms with E-state index in [1.54, 1.807) is 0 Å². The summed E-state index contributed by atoms with van der Waals surface area (Å²) in [5.74, 6) is 0. The molecular formula is C18H19NO2. The Morgan fingerprint density at radius 2 is 1.29 bits per heavy atom. The lowest BCUT2D eigenvalue weighted by Crippen LogP contribution is -1.96. The van der Waals surface area contributed by atoms with E-state index in [1.807, 2.05) is 64.1 Å². The molecule has 3 heteroatoms. The molecule has 3 nitrogen and oxygen atoms in total. The van der Waals surface area contributed by atoms with Crippen LogP contribution in [-0.4, -0.2) is 4.92 Å². The van der Waals surface area contributed by atoms with Gasteiger partial charge in [0.05, 0.1) is 10.5 Å². The summed E-state index contributed by atoms with van der Waals surface area (Å²) in [4.78, 5) is 10.6. The van der Waals surface area contributed by atoms with Gasteiger partial charge in [-0.25, -0.2) is 0 Å². The second-order valence-corrected chi connectivity index (χ2v) is 5.43. The number of hydrogen-bond acceptors (Lipinski definition) is 2. The van der Waals surface area contributed by atoms with E-state index >= 15 is 0 Å². The molecule has 0 saturated heterocycles. The molecule has 0 amide bonds. The number of aryl methyl sites for hydroxylation is 4. The van der Waals surface area contributed by atoms with Crippen LogP contribution in [0.5, 0.6) is 0 Å². The number of hydrogen-bond donors (Lipinski definition) is 0. The lowest BCUT2D eigenvalue weighted by atomic mass is 9.94. The first-order chi connectivity index (χ1) is 9.88. The zero-order chi connectivity index (χ0) is 15.6. The topological polar surface area (TPSA) is 43.1 Å².